The van der Waals surface area contributed by atoms with Gasteiger partial charge in [0.25, 0.3) is 0 Å². The summed E-state index contributed by atoms with van der Waals surface area (Å²) in [5.41, 5.74) is 0.0574. The van der Waals surface area contributed by atoms with Gasteiger partial charge in [-0.15, -0.1) is 0 Å². The summed E-state index contributed by atoms with van der Waals surface area (Å²) in [5.74, 6) is 0.178. The number of hydrogen-bond acceptors (Lipinski definition) is 5. The van der Waals surface area contributed by atoms with E-state index in [9.17, 15) is 14.9 Å². The Labute approximate surface area is 111 Å². The van der Waals surface area contributed by atoms with Gasteiger partial charge in [0.15, 0.2) is 5.75 Å². The standard InChI is InChI=1S/C13H17NO5/c15-7-3-1-2-4-8-19-13-6-5-11(10-16)9-12(13)14(17)18/h5-6,9-10,15H,1-4,7-8H2. The van der Waals surface area contributed by atoms with Crippen LogP contribution < -0.4 is 4.74 Å². The van der Waals surface area contributed by atoms with Gasteiger partial charge >= 0.3 is 5.69 Å². The highest BCUT2D eigenvalue weighted by Crippen LogP contribution is 2.27. The van der Waals surface area contributed by atoms with Crippen molar-refractivity contribution in [2.75, 3.05) is 13.2 Å². The maximum absolute atomic E-state index is 10.8. The molecule has 1 rings (SSSR count). The Morgan fingerprint density at radius 1 is 1.26 bits per heavy atom. The Hall–Kier alpha value is -1.95. The maximum Gasteiger partial charge on any atom is 0.311 e. The average molecular weight is 267 g/mol. The third-order valence-corrected chi connectivity index (χ3v) is 2.63. The van der Waals surface area contributed by atoms with Gasteiger partial charge in [0.2, 0.25) is 0 Å². The SMILES string of the molecule is O=Cc1ccc(OCCCCCCO)c([N+](=O)[O-])c1. The molecule has 0 radical (unpaired) electrons. The third kappa shape index (κ3) is 5.05. The molecular weight excluding hydrogens is 250 g/mol. The number of hydrogen-bond donors (Lipinski definition) is 1. The normalized spacial score (nSPS) is 10.2. The van der Waals surface area contributed by atoms with Crippen LogP contribution in [0.1, 0.15) is 36.0 Å². The van der Waals surface area contributed by atoms with Crippen molar-refractivity contribution >= 4 is 12.0 Å². The summed E-state index contributed by atoms with van der Waals surface area (Å²) in [4.78, 5) is 20.9. The van der Waals surface area contributed by atoms with Crippen LogP contribution in [-0.2, 0) is 0 Å². The van der Waals surface area contributed by atoms with Gasteiger partial charge in [0, 0.05) is 18.2 Å². The molecule has 6 heteroatoms. The van der Waals surface area contributed by atoms with Crippen LogP contribution in [-0.4, -0.2) is 29.5 Å². The summed E-state index contributed by atoms with van der Waals surface area (Å²) >= 11 is 0. The predicted octanol–water partition coefficient (Wildman–Crippen LogP) is 2.34. The molecule has 6 nitrogen and oxygen atoms in total. The first-order valence-electron chi connectivity index (χ1n) is 6.16. The fourth-order valence-corrected chi connectivity index (χ4v) is 1.62. The number of carbonyl (C=O) groups is 1. The Morgan fingerprint density at radius 3 is 2.63 bits per heavy atom. The molecule has 1 N–H and O–H groups in total. The topological polar surface area (TPSA) is 89.7 Å². The van der Waals surface area contributed by atoms with Crippen molar-refractivity contribution in [2.45, 2.75) is 25.7 Å². The highest BCUT2D eigenvalue weighted by Gasteiger charge is 2.15. The van der Waals surface area contributed by atoms with Crippen molar-refractivity contribution < 1.29 is 19.6 Å². The number of nitrogens with zero attached hydrogens (tertiary/aromatic N) is 1. The van der Waals surface area contributed by atoms with Crippen molar-refractivity contribution in [2.24, 2.45) is 0 Å². The zero-order chi connectivity index (χ0) is 14.1. The molecule has 104 valence electrons. The summed E-state index contributed by atoms with van der Waals surface area (Å²) in [6, 6.07) is 4.13. The van der Waals surface area contributed by atoms with Crippen LogP contribution in [0.25, 0.3) is 0 Å². The van der Waals surface area contributed by atoms with E-state index in [1.807, 2.05) is 0 Å². The predicted molar refractivity (Wildman–Crippen MR) is 69.5 cm³/mol. The highest BCUT2D eigenvalue weighted by atomic mass is 16.6. The molecule has 0 aromatic heterocycles. The molecule has 0 aliphatic carbocycles. The number of aliphatic hydroxyl groups excluding tert-OH is 1. The Bertz CT molecular complexity index is 433. The number of nitro benzene ring substituents is 1. The minimum atomic E-state index is -0.561. The average Bonchev–Trinajstić information content (AvgIpc) is 2.42. The van der Waals surface area contributed by atoms with Crippen molar-refractivity contribution in [1.29, 1.82) is 0 Å². The molecular formula is C13H17NO5. The zero-order valence-electron chi connectivity index (χ0n) is 10.6. The molecule has 0 aliphatic heterocycles. The van der Waals surface area contributed by atoms with Crippen LogP contribution >= 0.6 is 0 Å². The Balaban J connectivity index is 2.53. The summed E-state index contributed by atoms with van der Waals surface area (Å²) in [6.07, 6.45) is 3.90. The van der Waals surface area contributed by atoms with Gasteiger partial charge in [-0.25, -0.2) is 0 Å². The molecule has 0 spiro atoms. The van der Waals surface area contributed by atoms with E-state index in [0.29, 0.717) is 12.9 Å². The number of aldehydes is 1. The van der Waals surface area contributed by atoms with Crippen LogP contribution in [0.3, 0.4) is 0 Å². The van der Waals surface area contributed by atoms with Gasteiger partial charge in [0.1, 0.15) is 6.29 Å². The first-order valence-corrected chi connectivity index (χ1v) is 6.16. The smallest absolute Gasteiger partial charge is 0.311 e. The van der Waals surface area contributed by atoms with Gasteiger partial charge in [-0.3, -0.25) is 14.9 Å². The lowest BCUT2D eigenvalue weighted by Gasteiger charge is -2.06. The van der Waals surface area contributed by atoms with Crippen LogP contribution in [0.5, 0.6) is 5.75 Å². The molecule has 0 heterocycles. The van der Waals surface area contributed by atoms with Crippen molar-refractivity contribution in [3.63, 3.8) is 0 Å². The number of ether oxygens (including phenoxy) is 1. The minimum absolute atomic E-state index is 0.178. The number of aliphatic hydroxyl groups is 1. The maximum atomic E-state index is 10.8. The molecule has 0 bridgehead atoms. The second-order valence-corrected chi connectivity index (χ2v) is 4.09. The Morgan fingerprint density at radius 2 is 2.00 bits per heavy atom. The first kappa shape index (κ1) is 15.1. The van der Waals surface area contributed by atoms with Crippen LogP contribution in [0.15, 0.2) is 18.2 Å². The fourth-order valence-electron chi connectivity index (χ4n) is 1.62. The second kappa shape index (κ2) is 8.20. The largest absolute Gasteiger partial charge is 0.487 e. The van der Waals surface area contributed by atoms with Gasteiger partial charge in [-0.1, -0.05) is 6.42 Å². The lowest BCUT2D eigenvalue weighted by Crippen LogP contribution is -2.01. The number of nitro groups is 1. The van der Waals surface area contributed by atoms with E-state index in [4.69, 9.17) is 9.84 Å². The molecule has 19 heavy (non-hydrogen) atoms. The first-order chi connectivity index (χ1) is 9.19. The number of carbonyl (C=O) groups excluding carboxylic acids is 1. The molecule has 0 unspecified atom stereocenters. The molecule has 0 fully saturated rings. The van der Waals surface area contributed by atoms with Gasteiger partial charge in [-0.2, -0.15) is 0 Å². The summed E-state index contributed by atoms with van der Waals surface area (Å²) in [6.45, 7) is 0.562. The lowest BCUT2D eigenvalue weighted by atomic mass is 10.2. The van der Waals surface area contributed by atoms with Crippen molar-refractivity contribution in [1.82, 2.24) is 0 Å². The van der Waals surface area contributed by atoms with Gasteiger partial charge in [0.05, 0.1) is 11.5 Å². The van der Waals surface area contributed by atoms with Crippen LogP contribution in [0.4, 0.5) is 5.69 Å². The summed E-state index contributed by atoms with van der Waals surface area (Å²) in [5, 5.41) is 19.5. The van der Waals surface area contributed by atoms with Crippen molar-refractivity contribution in [3.8, 4) is 5.75 Å². The molecule has 1 aromatic rings. The second-order valence-electron chi connectivity index (χ2n) is 4.09. The quantitative estimate of drug-likeness (QED) is 0.321. The zero-order valence-corrected chi connectivity index (χ0v) is 10.6. The number of benzene rings is 1. The van der Waals surface area contributed by atoms with E-state index < -0.39 is 4.92 Å². The summed E-state index contributed by atoms with van der Waals surface area (Å²) in [7, 11) is 0. The molecule has 0 aliphatic rings. The lowest BCUT2D eigenvalue weighted by molar-refractivity contribution is -0.385. The van der Waals surface area contributed by atoms with E-state index in [1.54, 1.807) is 0 Å². The number of rotatable bonds is 9. The minimum Gasteiger partial charge on any atom is -0.487 e. The Kier molecular flexibility index (Phi) is 6.52. The van der Waals surface area contributed by atoms with Crippen LogP contribution in [0, 0.1) is 10.1 Å². The molecule has 0 atom stereocenters. The van der Waals surface area contributed by atoms with E-state index in [1.165, 1.54) is 18.2 Å². The number of unbranched alkanes of at least 4 members (excludes halogenated alkanes) is 3. The summed E-state index contributed by atoms with van der Waals surface area (Å²) < 4.78 is 5.36. The van der Waals surface area contributed by atoms with E-state index >= 15 is 0 Å². The third-order valence-electron chi connectivity index (χ3n) is 2.63. The van der Waals surface area contributed by atoms with Crippen molar-refractivity contribution in [3.05, 3.63) is 33.9 Å². The van der Waals surface area contributed by atoms with E-state index in [-0.39, 0.29) is 23.6 Å². The fraction of sp³-hybridized carbons (Fsp3) is 0.462. The highest BCUT2D eigenvalue weighted by molar-refractivity contribution is 5.77. The van der Waals surface area contributed by atoms with Gasteiger partial charge < -0.3 is 9.84 Å². The molecule has 0 saturated carbocycles. The van der Waals surface area contributed by atoms with Crippen LogP contribution in [0.2, 0.25) is 0 Å². The van der Waals surface area contributed by atoms with E-state index in [2.05, 4.69) is 0 Å². The molecule has 1 aromatic carbocycles. The molecule has 0 amide bonds. The van der Waals surface area contributed by atoms with Gasteiger partial charge in [-0.05, 0) is 31.4 Å². The molecule has 0 saturated heterocycles. The van der Waals surface area contributed by atoms with E-state index in [0.717, 1.165) is 25.7 Å². The monoisotopic (exact) mass is 267 g/mol.